The van der Waals surface area contributed by atoms with Crippen molar-refractivity contribution in [3.05, 3.63) is 59.3 Å². The molecule has 0 saturated carbocycles. The maximum absolute atomic E-state index is 10.4. The fourth-order valence-electron chi connectivity index (χ4n) is 3.39. The molecule has 0 saturated heterocycles. The third kappa shape index (κ3) is 4.55. The number of aliphatic hydroxyl groups excluding tert-OH is 1. The predicted octanol–water partition coefficient (Wildman–Crippen LogP) is 2.72. The quantitative estimate of drug-likeness (QED) is 0.443. The molecule has 0 aliphatic heterocycles. The summed E-state index contributed by atoms with van der Waals surface area (Å²) < 4.78 is 3.96. The van der Waals surface area contributed by atoms with Crippen molar-refractivity contribution in [2.45, 2.75) is 38.8 Å². The standard InChI is InChI=1S/C21H26N6OS/c1-15-5-3-7-21-24-19(25-27(15)21)8-9-20-23-17(18-6-4-12-29-18)14-26(20)13-16(28)10-11-22-2/h3-7,12,14,16,22,28H,8-11,13H2,1-2H3/t16-/m0/s1. The van der Waals surface area contributed by atoms with Crippen LogP contribution in [0.15, 0.2) is 41.9 Å². The highest BCUT2D eigenvalue weighted by Gasteiger charge is 2.15. The van der Waals surface area contributed by atoms with Gasteiger partial charge in [0.25, 0.3) is 0 Å². The van der Waals surface area contributed by atoms with Crippen molar-refractivity contribution in [3.63, 3.8) is 0 Å². The molecule has 0 bridgehead atoms. The number of aryl methyl sites for hydroxylation is 3. The molecule has 0 aliphatic carbocycles. The Kier molecular flexibility index (Phi) is 6.03. The van der Waals surface area contributed by atoms with Crippen molar-refractivity contribution < 1.29 is 5.11 Å². The number of imidazole rings is 1. The minimum Gasteiger partial charge on any atom is -0.391 e. The molecular weight excluding hydrogens is 384 g/mol. The van der Waals surface area contributed by atoms with Gasteiger partial charge in [0, 0.05) is 31.3 Å². The molecule has 29 heavy (non-hydrogen) atoms. The lowest BCUT2D eigenvalue weighted by Gasteiger charge is -2.13. The summed E-state index contributed by atoms with van der Waals surface area (Å²) >= 11 is 1.67. The van der Waals surface area contributed by atoms with E-state index in [1.807, 2.05) is 48.9 Å². The molecular formula is C21H26N6OS. The first-order chi connectivity index (χ1) is 14.1. The molecule has 0 fully saturated rings. The van der Waals surface area contributed by atoms with Crippen molar-refractivity contribution >= 4 is 17.0 Å². The molecule has 2 N–H and O–H groups in total. The van der Waals surface area contributed by atoms with Crippen LogP contribution in [-0.4, -0.2) is 49.0 Å². The van der Waals surface area contributed by atoms with Crippen molar-refractivity contribution in [1.82, 2.24) is 29.5 Å². The minimum absolute atomic E-state index is 0.414. The first-order valence-electron chi connectivity index (χ1n) is 9.88. The Morgan fingerprint density at radius 2 is 2.07 bits per heavy atom. The number of nitrogens with zero attached hydrogens (tertiary/aromatic N) is 5. The molecule has 8 heteroatoms. The highest BCUT2D eigenvalue weighted by molar-refractivity contribution is 7.13. The number of thiophene rings is 1. The summed E-state index contributed by atoms with van der Waals surface area (Å²) in [5, 5.41) is 20.2. The third-order valence-electron chi connectivity index (χ3n) is 4.93. The summed E-state index contributed by atoms with van der Waals surface area (Å²) in [5.41, 5.74) is 2.88. The van der Waals surface area contributed by atoms with Crippen LogP contribution in [0, 0.1) is 6.92 Å². The van der Waals surface area contributed by atoms with E-state index in [9.17, 15) is 5.11 Å². The number of hydrogen-bond acceptors (Lipinski definition) is 6. The van der Waals surface area contributed by atoms with Gasteiger partial charge in [0.1, 0.15) is 5.82 Å². The fraction of sp³-hybridized carbons (Fsp3) is 0.381. The van der Waals surface area contributed by atoms with Crippen LogP contribution in [0.2, 0.25) is 0 Å². The van der Waals surface area contributed by atoms with E-state index >= 15 is 0 Å². The molecule has 4 rings (SSSR count). The average molecular weight is 411 g/mol. The second kappa shape index (κ2) is 8.86. The molecule has 0 radical (unpaired) electrons. The molecule has 152 valence electrons. The van der Waals surface area contributed by atoms with Gasteiger partial charge in [-0.2, -0.15) is 5.10 Å². The van der Waals surface area contributed by atoms with Gasteiger partial charge in [-0.05, 0) is 50.5 Å². The summed E-state index contributed by atoms with van der Waals surface area (Å²) in [7, 11) is 1.90. The maximum atomic E-state index is 10.4. The monoisotopic (exact) mass is 410 g/mol. The van der Waals surface area contributed by atoms with Crippen LogP contribution in [0.1, 0.15) is 23.8 Å². The third-order valence-corrected chi connectivity index (χ3v) is 5.83. The minimum atomic E-state index is -0.414. The number of rotatable bonds is 9. The van der Waals surface area contributed by atoms with Crippen molar-refractivity contribution in [3.8, 4) is 10.6 Å². The Morgan fingerprint density at radius 3 is 2.83 bits per heavy atom. The number of hydrogen-bond donors (Lipinski definition) is 2. The van der Waals surface area contributed by atoms with Crippen LogP contribution in [0.5, 0.6) is 0 Å². The molecule has 7 nitrogen and oxygen atoms in total. The van der Waals surface area contributed by atoms with E-state index < -0.39 is 6.10 Å². The second-order valence-electron chi connectivity index (χ2n) is 7.18. The van der Waals surface area contributed by atoms with Gasteiger partial charge >= 0.3 is 0 Å². The molecule has 0 spiro atoms. The van der Waals surface area contributed by atoms with Gasteiger partial charge in [-0.1, -0.05) is 12.1 Å². The van der Waals surface area contributed by atoms with Gasteiger partial charge in [-0.15, -0.1) is 11.3 Å². The van der Waals surface area contributed by atoms with Gasteiger partial charge in [0.05, 0.1) is 16.7 Å². The van der Waals surface area contributed by atoms with Gasteiger partial charge in [0.2, 0.25) is 0 Å². The Labute approximate surface area is 174 Å². The van der Waals surface area contributed by atoms with E-state index in [1.54, 1.807) is 11.3 Å². The van der Waals surface area contributed by atoms with Crippen LogP contribution < -0.4 is 5.32 Å². The van der Waals surface area contributed by atoms with Crippen LogP contribution >= 0.6 is 11.3 Å². The van der Waals surface area contributed by atoms with E-state index in [-0.39, 0.29) is 0 Å². The molecule has 1 atom stereocenters. The Balaban J connectivity index is 1.54. The fourth-order valence-corrected chi connectivity index (χ4v) is 4.07. The highest BCUT2D eigenvalue weighted by atomic mass is 32.1. The van der Waals surface area contributed by atoms with Crippen molar-refractivity contribution in [2.24, 2.45) is 0 Å². The normalized spacial score (nSPS) is 12.7. The van der Waals surface area contributed by atoms with Crippen molar-refractivity contribution in [2.75, 3.05) is 13.6 Å². The average Bonchev–Trinajstić information content (AvgIpc) is 3.44. The lowest BCUT2D eigenvalue weighted by atomic mass is 10.2. The molecule has 4 heterocycles. The zero-order valence-corrected chi connectivity index (χ0v) is 17.6. The van der Waals surface area contributed by atoms with E-state index in [4.69, 9.17) is 4.98 Å². The van der Waals surface area contributed by atoms with E-state index in [2.05, 4.69) is 31.4 Å². The van der Waals surface area contributed by atoms with E-state index in [1.165, 1.54) is 0 Å². The summed E-state index contributed by atoms with van der Waals surface area (Å²) in [6.07, 6.45) is 3.76. The summed E-state index contributed by atoms with van der Waals surface area (Å²) in [5.74, 6) is 1.76. The SMILES string of the molecule is CNCC[C@H](O)Cn1cc(-c2cccs2)nc1CCc1nc2cccc(C)n2n1. The van der Waals surface area contributed by atoms with Gasteiger partial charge in [-0.3, -0.25) is 0 Å². The highest BCUT2D eigenvalue weighted by Crippen LogP contribution is 2.24. The molecule has 4 aromatic rings. The van der Waals surface area contributed by atoms with Crippen LogP contribution in [0.4, 0.5) is 0 Å². The van der Waals surface area contributed by atoms with Gasteiger partial charge in [-0.25, -0.2) is 14.5 Å². The van der Waals surface area contributed by atoms with Crippen LogP contribution in [-0.2, 0) is 19.4 Å². The number of aromatic nitrogens is 5. The number of pyridine rings is 1. The van der Waals surface area contributed by atoms with Gasteiger partial charge in [0.15, 0.2) is 11.5 Å². The first kappa shape index (κ1) is 19.8. The topological polar surface area (TPSA) is 80.3 Å². The molecule has 0 aliphatic rings. The van der Waals surface area contributed by atoms with E-state index in [0.717, 1.165) is 46.5 Å². The Morgan fingerprint density at radius 1 is 1.17 bits per heavy atom. The second-order valence-corrected chi connectivity index (χ2v) is 8.13. The Bertz CT molecular complexity index is 1070. The molecule has 4 aromatic heterocycles. The van der Waals surface area contributed by atoms with Gasteiger partial charge < -0.3 is 15.0 Å². The summed E-state index contributed by atoms with van der Waals surface area (Å²) in [4.78, 5) is 10.6. The molecule has 0 unspecified atom stereocenters. The van der Waals surface area contributed by atoms with E-state index in [0.29, 0.717) is 19.4 Å². The first-order valence-corrected chi connectivity index (χ1v) is 10.8. The smallest absolute Gasteiger partial charge is 0.155 e. The summed E-state index contributed by atoms with van der Waals surface area (Å²) in [6.45, 7) is 3.35. The number of fused-ring (bicyclic) bond motifs is 1. The maximum Gasteiger partial charge on any atom is 0.155 e. The summed E-state index contributed by atoms with van der Waals surface area (Å²) in [6, 6.07) is 10.1. The largest absolute Gasteiger partial charge is 0.391 e. The lowest BCUT2D eigenvalue weighted by molar-refractivity contribution is 0.143. The van der Waals surface area contributed by atoms with Crippen molar-refractivity contribution in [1.29, 1.82) is 0 Å². The lowest BCUT2D eigenvalue weighted by Crippen LogP contribution is -2.22. The number of aliphatic hydroxyl groups is 1. The molecule has 0 aromatic carbocycles. The van der Waals surface area contributed by atoms with Crippen LogP contribution in [0.25, 0.3) is 16.2 Å². The van der Waals surface area contributed by atoms with Crippen LogP contribution in [0.3, 0.4) is 0 Å². The Hall–Kier alpha value is -2.55. The predicted molar refractivity (Wildman–Crippen MR) is 115 cm³/mol. The zero-order chi connectivity index (χ0) is 20.2. The zero-order valence-electron chi connectivity index (χ0n) is 16.7. The molecule has 0 amide bonds. The number of nitrogens with one attached hydrogen (secondary N) is 1.